The molecule has 5 nitrogen and oxygen atoms in total. The number of amidine groups is 1. The fourth-order valence-corrected chi connectivity index (χ4v) is 0.865. The minimum Gasteiger partial charge on any atom is -0.384 e. The molecule has 1 rings (SSSR count). The summed E-state index contributed by atoms with van der Waals surface area (Å²) in [5.74, 6) is 0.624. The van der Waals surface area contributed by atoms with E-state index in [1.807, 2.05) is 14.1 Å². The molecule has 0 radical (unpaired) electrons. The first-order valence-electron chi connectivity index (χ1n) is 3.46. The third-order valence-corrected chi connectivity index (χ3v) is 1.42. The van der Waals surface area contributed by atoms with Crippen LogP contribution in [0.5, 0.6) is 0 Å². The smallest absolute Gasteiger partial charge is 0.161 e. The molecule has 1 heterocycles. The maximum absolute atomic E-state index is 7.25. The van der Waals surface area contributed by atoms with E-state index in [-0.39, 0.29) is 5.84 Å². The minimum absolute atomic E-state index is 0.00796. The van der Waals surface area contributed by atoms with E-state index in [9.17, 15) is 0 Å². The van der Waals surface area contributed by atoms with Crippen LogP contribution in [0.2, 0.25) is 0 Å². The summed E-state index contributed by atoms with van der Waals surface area (Å²) in [5, 5.41) is 14.8. The summed E-state index contributed by atoms with van der Waals surface area (Å²) < 4.78 is 0. The molecule has 12 heavy (non-hydrogen) atoms. The molecular formula is C7H11N5. The summed E-state index contributed by atoms with van der Waals surface area (Å²) >= 11 is 0. The van der Waals surface area contributed by atoms with Crippen LogP contribution >= 0.6 is 0 Å². The molecule has 0 unspecified atom stereocenters. The summed E-state index contributed by atoms with van der Waals surface area (Å²) in [5.41, 5.74) is 5.95. The molecule has 0 aromatic carbocycles. The first-order chi connectivity index (χ1) is 5.63. The van der Waals surface area contributed by atoms with Crippen LogP contribution in [0.1, 0.15) is 5.56 Å². The molecule has 0 aliphatic heterocycles. The molecule has 0 fully saturated rings. The topological polar surface area (TPSA) is 78.9 Å². The summed E-state index contributed by atoms with van der Waals surface area (Å²) in [6, 6.07) is 1.67. The molecule has 0 bridgehead atoms. The lowest BCUT2D eigenvalue weighted by Crippen LogP contribution is -2.20. The zero-order valence-corrected chi connectivity index (χ0v) is 7.07. The second-order valence-corrected chi connectivity index (χ2v) is 2.58. The van der Waals surface area contributed by atoms with Crippen LogP contribution in [-0.4, -0.2) is 30.1 Å². The average Bonchev–Trinajstić information content (AvgIpc) is 2.04. The molecule has 0 saturated heterocycles. The Labute approximate surface area is 70.7 Å². The van der Waals surface area contributed by atoms with Crippen LogP contribution in [0.15, 0.2) is 12.3 Å². The van der Waals surface area contributed by atoms with Crippen LogP contribution in [0.4, 0.5) is 5.82 Å². The standard InChI is InChI=1S/C7H11N5/c1-12(2)7-5(6(8)9)3-4-10-11-7/h3-4H,1-2H3,(H3,8,9). The SMILES string of the molecule is CN(C)c1nnccc1C(=N)N. The number of nitrogens with two attached hydrogens (primary N) is 1. The molecule has 0 spiro atoms. The summed E-state index contributed by atoms with van der Waals surface area (Å²) in [6.45, 7) is 0. The maximum atomic E-state index is 7.25. The highest BCUT2D eigenvalue weighted by atomic mass is 15.2. The Balaban J connectivity index is 3.17. The molecule has 0 amide bonds. The number of hydrogen-bond donors (Lipinski definition) is 2. The van der Waals surface area contributed by atoms with Crippen molar-refractivity contribution in [3.8, 4) is 0 Å². The lowest BCUT2D eigenvalue weighted by molar-refractivity contribution is 0.958. The van der Waals surface area contributed by atoms with Crippen LogP contribution in [-0.2, 0) is 0 Å². The zero-order chi connectivity index (χ0) is 9.14. The Morgan fingerprint density at radius 1 is 1.58 bits per heavy atom. The Morgan fingerprint density at radius 3 is 2.67 bits per heavy atom. The normalized spacial score (nSPS) is 9.50. The average molecular weight is 165 g/mol. The van der Waals surface area contributed by atoms with Gasteiger partial charge in [0.15, 0.2) is 5.82 Å². The number of nitrogens with one attached hydrogen (secondary N) is 1. The van der Waals surface area contributed by atoms with Crippen molar-refractivity contribution in [1.82, 2.24) is 10.2 Å². The van der Waals surface area contributed by atoms with Crippen molar-refractivity contribution in [3.05, 3.63) is 17.8 Å². The molecule has 5 heteroatoms. The van der Waals surface area contributed by atoms with Gasteiger partial charge in [0, 0.05) is 14.1 Å². The third kappa shape index (κ3) is 1.50. The highest BCUT2D eigenvalue weighted by Gasteiger charge is 2.07. The van der Waals surface area contributed by atoms with Crippen LogP contribution in [0, 0.1) is 5.41 Å². The van der Waals surface area contributed by atoms with E-state index in [1.54, 1.807) is 11.0 Å². The fraction of sp³-hybridized carbons (Fsp3) is 0.286. The van der Waals surface area contributed by atoms with Gasteiger partial charge in [0.2, 0.25) is 0 Å². The van der Waals surface area contributed by atoms with Gasteiger partial charge in [-0.05, 0) is 6.07 Å². The Hall–Kier alpha value is -1.65. The van der Waals surface area contributed by atoms with Gasteiger partial charge in [-0.1, -0.05) is 0 Å². The van der Waals surface area contributed by atoms with Crippen LogP contribution < -0.4 is 10.6 Å². The first kappa shape index (κ1) is 8.45. The Morgan fingerprint density at radius 2 is 2.25 bits per heavy atom. The number of nitrogens with zero attached hydrogens (tertiary/aromatic N) is 3. The van der Waals surface area contributed by atoms with Gasteiger partial charge in [0.1, 0.15) is 5.84 Å². The number of rotatable bonds is 2. The maximum Gasteiger partial charge on any atom is 0.161 e. The number of aromatic nitrogens is 2. The summed E-state index contributed by atoms with van der Waals surface area (Å²) in [6.07, 6.45) is 1.52. The van der Waals surface area contributed by atoms with Crippen molar-refractivity contribution in [2.75, 3.05) is 19.0 Å². The summed E-state index contributed by atoms with van der Waals surface area (Å²) in [4.78, 5) is 1.77. The number of anilines is 1. The predicted molar refractivity (Wildman–Crippen MR) is 47.4 cm³/mol. The van der Waals surface area contributed by atoms with Gasteiger partial charge in [-0.25, -0.2) is 0 Å². The molecule has 0 aliphatic carbocycles. The zero-order valence-electron chi connectivity index (χ0n) is 7.07. The van der Waals surface area contributed by atoms with Crippen molar-refractivity contribution in [3.63, 3.8) is 0 Å². The van der Waals surface area contributed by atoms with E-state index in [0.717, 1.165) is 0 Å². The molecule has 0 saturated carbocycles. The van der Waals surface area contributed by atoms with E-state index >= 15 is 0 Å². The van der Waals surface area contributed by atoms with Crippen LogP contribution in [0.3, 0.4) is 0 Å². The molecule has 0 atom stereocenters. The quantitative estimate of drug-likeness (QED) is 0.471. The summed E-state index contributed by atoms with van der Waals surface area (Å²) in [7, 11) is 3.66. The van der Waals surface area contributed by atoms with Gasteiger partial charge in [0.25, 0.3) is 0 Å². The first-order valence-corrected chi connectivity index (χ1v) is 3.46. The van der Waals surface area contributed by atoms with E-state index in [1.165, 1.54) is 6.20 Å². The molecular weight excluding hydrogens is 154 g/mol. The highest BCUT2D eigenvalue weighted by Crippen LogP contribution is 2.11. The van der Waals surface area contributed by atoms with Crippen molar-refractivity contribution in [1.29, 1.82) is 5.41 Å². The van der Waals surface area contributed by atoms with Gasteiger partial charge < -0.3 is 10.6 Å². The molecule has 0 aliphatic rings. The van der Waals surface area contributed by atoms with E-state index in [0.29, 0.717) is 11.4 Å². The Kier molecular flexibility index (Phi) is 2.23. The van der Waals surface area contributed by atoms with Gasteiger partial charge in [0.05, 0.1) is 11.8 Å². The monoisotopic (exact) mass is 165 g/mol. The second kappa shape index (κ2) is 3.17. The van der Waals surface area contributed by atoms with Gasteiger partial charge in [-0.2, -0.15) is 5.10 Å². The minimum atomic E-state index is 0.00796. The lowest BCUT2D eigenvalue weighted by Gasteiger charge is -2.13. The fourth-order valence-electron chi connectivity index (χ4n) is 0.865. The molecule has 1 aromatic heterocycles. The van der Waals surface area contributed by atoms with E-state index in [4.69, 9.17) is 11.1 Å². The van der Waals surface area contributed by atoms with Gasteiger partial charge >= 0.3 is 0 Å². The van der Waals surface area contributed by atoms with Crippen LogP contribution in [0.25, 0.3) is 0 Å². The van der Waals surface area contributed by atoms with Gasteiger partial charge in [-0.15, -0.1) is 5.10 Å². The van der Waals surface area contributed by atoms with Crippen molar-refractivity contribution in [2.45, 2.75) is 0 Å². The molecule has 1 aromatic rings. The van der Waals surface area contributed by atoms with Crippen molar-refractivity contribution in [2.24, 2.45) is 5.73 Å². The second-order valence-electron chi connectivity index (χ2n) is 2.58. The van der Waals surface area contributed by atoms with Gasteiger partial charge in [-0.3, -0.25) is 5.41 Å². The lowest BCUT2D eigenvalue weighted by atomic mass is 10.2. The van der Waals surface area contributed by atoms with E-state index < -0.39 is 0 Å². The van der Waals surface area contributed by atoms with Crippen molar-refractivity contribution < 1.29 is 0 Å². The third-order valence-electron chi connectivity index (χ3n) is 1.42. The largest absolute Gasteiger partial charge is 0.384 e. The number of nitrogen functional groups attached to an aromatic ring is 1. The molecule has 3 N–H and O–H groups in total. The van der Waals surface area contributed by atoms with E-state index in [2.05, 4.69) is 10.2 Å². The highest BCUT2D eigenvalue weighted by molar-refractivity contribution is 5.99. The predicted octanol–water partition coefficient (Wildman–Crippen LogP) is -0.173. The molecule has 64 valence electrons. The Bertz CT molecular complexity index is 294. The number of hydrogen-bond acceptors (Lipinski definition) is 4. The van der Waals surface area contributed by atoms with Crippen molar-refractivity contribution >= 4 is 11.7 Å².